The fraction of sp³-hybridized carbons (Fsp3) is 0.859. The van der Waals surface area contributed by atoms with Crippen LogP contribution >= 0.6 is 0 Å². The predicted molar refractivity (Wildman–Crippen MR) is 331 cm³/mol. The van der Waals surface area contributed by atoms with Crippen LogP contribution < -0.4 is 10.6 Å². The third-order valence-electron chi connectivity index (χ3n) is 24.7. The Bertz CT molecular complexity index is 2160. The smallest absolute Gasteiger partial charge is 0.227 e. The molecule has 80 heavy (non-hydrogen) atoms. The molecular weight excluding hydrogens is 987 g/mol. The molecule has 11 unspecified atom stereocenters. The van der Waals surface area contributed by atoms with Crippen LogP contribution in [0.15, 0.2) is 46.7 Å². The molecule has 7 fully saturated rings. The molecule has 4 N–H and O–H groups in total. The Morgan fingerprint density at radius 2 is 1.45 bits per heavy atom. The van der Waals surface area contributed by atoms with Gasteiger partial charge in [-0.3, -0.25) is 4.79 Å². The monoisotopic (exact) mass is 1110 g/mol. The summed E-state index contributed by atoms with van der Waals surface area (Å²) in [5, 5.41) is 27.8. The largest absolute Gasteiger partial charge is 0.395 e. The van der Waals surface area contributed by atoms with Crippen molar-refractivity contribution in [1.82, 2.24) is 20.4 Å². The van der Waals surface area contributed by atoms with Gasteiger partial charge >= 0.3 is 0 Å². The molecule has 0 radical (unpaired) electrons. The van der Waals surface area contributed by atoms with Crippen molar-refractivity contribution in [3.05, 3.63) is 46.7 Å². The highest BCUT2D eigenvalue weighted by molar-refractivity contribution is 5.97. The summed E-state index contributed by atoms with van der Waals surface area (Å²) in [7, 11) is 1.65. The van der Waals surface area contributed by atoms with Crippen molar-refractivity contribution in [3.63, 3.8) is 0 Å². The number of ether oxygens (including phenoxy) is 1. The lowest BCUT2D eigenvalue weighted by Crippen LogP contribution is -2.46. The van der Waals surface area contributed by atoms with Crippen LogP contribution in [0.25, 0.3) is 0 Å². The Morgan fingerprint density at radius 1 is 0.762 bits per heavy atom. The van der Waals surface area contributed by atoms with Gasteiger partial charge in [0, 0.05) is 54.6 Å². The molecule has 9 heteroatoms. The number of piperidine rings is 2. The van der Waals surface area contributed by atoms with E-state index in [4.69, 9.17) is 4.74 Å². The minimum absolute atomic E-state index is 0.0928. The molecule has 4 aliphatic heterocycles. The number of fused-ring (bicyclic) bond motifs is 6. The third-order valence-corrected chi connectivity index (χ3v) is 24.7. The van der Waals surface area contributed by atoms with Gasteiger partial charge in [-0.05, 0) is 251 Å². The lowest BCUT2D eigenvalue weighted by Gasteiger charge is -2.47. The topological polar surface area (TPSA) is 100 Å². The first kappa shape index (κ1) is 62.2. The van der Waals surface area contributed by atoms with E-state index >= 15 is 0 Å². The van der Waals surface area contributed by atoms with Crippen LogP contribution in [0.5, 0.6) is 0 Å². The summed E-state index contributed by atoms with van der Waals surface area (Å²) in [5.74, 6) is 7.99. The summed E-state index contributed by atoms with van der Waals surface area (Å²) in [5.41, 5.74) is 7.57. The van der Waals surface area contributed by atoms with Crippen molar-refractivity contribution in [2.24, 2.45) is 75.4 Å². The number of rotatable bonds is 25. The Hall–Kier alpha value is -2.30. The summed E-state index contributed by atoms with van der Waals surface area (Å²) < 4.78 is 7.91. The van der Waals surface area contributed by atoms with Gasteiger partial charge in [0.05, 0.1) is 12.0 Å². The second kappa shape index (κ2) is 28.7. The number of carbonyl (C=O) groups is 1. The molecule has 4 saturated carbocycles. The number of aliphatic hydroxyl groups excluding tert-OH is 2. The molecule has 9 nitrogen and oxygen atoms in total. The van der Waals surface area contributed by atoms with Crippen molar-refractivity contribution in [2.75, 3.05) is 72.9 Å². The van der Waals surface area contributed by atoms with Gasteiger partial charge in [0.15, 0.2) is 18.3 Å². The summed E-state index contributed by atoms with van der Waals surface area (Å²) in [6.45, 7) is 25.3. The first-order valence-electron chi connectivity index (χ1n) is 34.4. The number of amides is 1. The molecular formula is C71H120N5O4+. The van der Waals surface area contributed by atoms with Gasteiger partial charge in [0.25, 0.3) is 0 Å². The number of methoxy groups -OCH3 is 1. The molecule has 0 aromatic carbocycles. The van der Waals surface area contributed by atoms with E-state index in [9.17, 15) is 15.0 Å². The van der Waals surface area contributed by atoms with Crippen molar-refractivity contribution < 1.29 is 24.3 Å². The van der Waals surface area contributed by atoms with E-state index in [0.717, 1.165) is 106 Å². The Morgan fingerprint density at radius 3 is 2.14 bits per heavy atom. The molecule has 4 heterocycles. The molecule has 1 amide bonds. The van der Waals surface area contributed by atoms with Gasteiger partial charge < -0.3 is 35.4 Å². The molecule has 5 aliphatic carbocycles. The zero-order valence-corrected chi connectivity index (χ0v) is 52.7. The minimum atomic E-state index is -0.342. The maximum Gasteiger partial charge on any atom is 0.227 e. The quantitative estimate of drug-likeness (QED) is 0.0411. The average Bonchev–Trinajstić information content (AvgIpc) is 3.89. The van der Waals surface area contributed by atoms with Crippen molar-refractivity contribution >= 4 is 11.6 Å². The van der Waals surface area contributed by atoms with E-state index in [2.05, 4.69) is 97.8 Å². The van der Waals surface area contributed by atoms with Crippen LogP contribution in [0, 0.1) is 75.4 Å². The summed E-state index contributed by atoms with van der Waals surface area (Å²) in [6.07, 6.45) is 46.1. The van der Waals surface area contributed by atoms with Gasteiger partial charge in [-0.25, -0.2) is 4.58 Å². The molecule has 0 bridgehead atoms. The number of β-amino-alcohol motifs (C(OH)–C–C–N with tert-alkyl or cyclic N) is 2. The molecule has 9 aliphatic rings. The number of unbranched alkanes of at least 4 members (excludes halogenated alkanes) is 1. The summed E-state index contributed by atoms with van der Waals surface area (Å²) in [4.78, 5) is 18.8. The summed E-state index contributed by atoms with van der Waals surface area (Å²) >= 11 is 0. The third kappa shape index (κ3) is 13.8. The second-order valence-electron chi connectivity index (χ2n) is 29.5. The molecule has 452 valence electrons. The Kier molecular flexibility index (Phi) is 22.3. The maximum atomic E-state index is 13.3. The highest BCUT2D eigenvalue weighted by Crippen LogP contribution is 2.60. The fourth-order valence-electron chi connectivity index (χ4n) is 20.2. The molecule has 11 atom stereocenters. The number of nitrogens with zero attached hydrogens (tertiary/aromatic N) is 3. The number of nitrogens with one attached hydrogen (secondary N) is 2. The first-order valence-corrected chi connectivity index (χ1v) is 34.4. The summed E-state index contributed by atoms with van der Waals surface area (Å²) in [6, 6.07) is 1.11. The van der Waals surface area contributed by atoms with E-state index in [0.29, 0.717) is 29.8 Å². The van der Waals surface area contributed by atoms with Gasteiger partial charge in [0.2, 0.25) is 5.91 Å². The SMILES string of the molecule is CCC(CCC(CCC(C)(CC)C(=O)NCOC)C1CCNCC1)C1CCN(CCCCC2=C(/C=C/C3=[N+](CCO)C4CCC5CCCCC5C4C3(C)C)CCC/C2=C\C=C2\N(CCO)C3CCC4CCCCC4C3C2(C)C)CC1. The van der Waals surface area contributed by atoms with E-state index in [1.165, 1.54) is 172 Å². The molecule has 0 spiro atoms. The highest BCUT2D eigenvalue weighted by atomic mass is 16.5. The predicted octanol–water partition coefficient (Wildman–Crippen LogP) is 14.0. The van der Waals surface area contributed by atoms with Crippen LogP contribution in [-0.4, -0.2) is 121 Å². The highest BCUT2D eigenvalue weighted by Gasteiger charge is 2.60. The number of hydrogen-bond acceptors (Lipinski definition) is 7. The molecule has 9 rings (SSSR count). The van der Waals surface area contributed by atoms with Gasteiger partial charge in [-0.1, -0.05) is 91.7 Å². The van der Waals surface area contributed by atoms with Crippen molar-refractivity contribution in [3.8, 4) is 0 Å². The Labute approximate surface area is 489 Å². The van der Waals surface area contributed by atoms with E-state index in [-0.39, 0.29) is 42.1 Å². The van der Waals surface area contributed by atoms with Crippen molar-refractivity contribution in [1.29, 1.82) is 0 Å². The zero-order valence-electron chi connectivity index (χ0n) is 52.7. The van der Waals surface area contributed by atoms with Crippen LogP contribution in [0.4, 0.5) is 0 Å². The molecule has 0 aromatic heterocycles. The van der Waals surface area contributed by atoms with E-state index in [1.807, 2.05) is 0 Å². The minimum Gasteiger partial charge on any atom is -0.395 e. The number of aliphatic hydroxyl groups is 2. The van der Waals surface area contributed by atoms with Crippen LogP contribution in [0.1, 0.15) is 228 Å². The van der Waals surface area contributed by atoms with Crippen LogP contribution in [-0.2, 0) is 9.53 Å². The van der Waals surface area contributed by atoms with E-state index in [1.54, 1.807) is 23.8 Å². The first-order chi connectivity index (χ1) is 38.8. The normalized spacial score (nSPS) is 33.0. The maximum absolute atomic E-state index is 13.3. The lowest BCUT2D eigenvalue weighted by molar-refractivity contribution is -0.570. The molecule has 3 saturated heterocycles. The molecule has 0 aromatic rings. The zero-order chi connectivity index (χ0) is 56.4. The number of likely N-dealkylation sites (tertiary alicyclic amines) is 2. The van der Waals surface area contributed by atoms with Gasteiger partial charge in [0.1, 0.15) is 13.3 Å². The lowest BCUT2D eigenvalue weighted by atomic mass is 9.57. The van der Waals surface area contributed by atoms with Crippen LogP contribution in [0.3, 0.4) is 0 Å². The number of hydrogen-bond donors (Lipinski definition) is 4. The second-order valence-corrected chi connectivity index (χ2v) is 29.5. The van der Waals surface area contributed by atoms with Gasteiger partial charge in [-0.2, -0.15) is 0 Å². The van der Waals surface area contributed by atoms with Crippen LogP contribution in [0.2, 0.25) is 0 Å². The average molecular weight is 1110 g/mol. The number of carbonyl (C=O) groups excluding carboxylic acids is 1. The Balaban J connectivity index is 0.890. The standard InChI is InChI=1S/C71H119N5O4/c1-9-51(25-26-52(53-36-41-72-42-37-53)35-40-71(7,10-2)68(79)73-50-80-8)54-38-44-74(45-39-54)43-16-15-22-59-55(29-33-64-69(3,4)66-60-23-13-11-18-57(60)27-31-62(66)75(64)46-48-77)20-17-21-56(59)30-34-65-70(5,6)67-61-24-14-12-19-58(61)28-32-63(67)76(65)47-49-78/h29-30,33-34,51-54,57-58,60-63,66-67,72,77-78H,9-28,31-32,35-50H2,1-8H3/p+1. The van der Waals surface area contributed by atoms with Gasteiger partial charge in [-0.15, -0.1) is 0 Å². The fourth-order valence-corrected chi connectivity index (χ4v) is 20.2. The number of allylic oxidation sites excluding steroid dienone is 8. The van der Waals surface area contributed by atoms with E-state index < -0.39 is 0 Å². The van der Waals surface area contributed by atoms with Crippen molar-refractivity contribution in [2.45, 2.75) is 240 Å².